The zero-order chi connectivity index (χ0) is 17.9. The van der Waals surface area contributed by atoms with Gasteiger partial charge in [-0.05, 0) is 45.9 Å². The van der Waals surface area contributed by atoms with Gasteiger partial charge >= 0.3 is 5.97 Å². The molecule has 0 bridgehead atoms. The van der Waals surface area contributed by atoms with Gasteiger partial charge in [0.1, 0.15) is 11.3 Å². The first-order valence-corrected chi connectivity index (χ1v) is 7.88. The van der Waals surface area contributed by atoms with Gasteiger partial charge in [-0.15, -0.1) is 0 Å². The molecule has 0 saturated heterocycles. The summed E-state index contributed by atoms with van der Waals surface area (Å²) >= 11 is 0. The van der Waals surface area contributed by atoms with Crippen LogP contribution in [0.3, 0.4) is 0 Å². The number of ether oxygens (including phenoxy) is 2. The standard InChI is InChI=1S/C19H23NO4/c1-12(2)20-13(3)10-16(14(20)4)17(21)11-24-18-9-7-6-8-15(18)19(22)23-5/h6-10,12H,11H2,1-5H3. The van der Waals surface area contributed by atoms with Gasteiger partial charge in [-0.25, -0.2) is 4.79 Å². The van der Waals surface area contributed by atoms with E-state index in [1.54, 1.807) is 24.3 Å². The van der Waals surface area contributed by atoms with Gasteiger partial charge < -0.3 is 14.0 Å². The number of rotatable bonds is 6. The molecule has 1 aromatic heterocycles. The van der Waals surface area contributed by atoms with Crippen molar-refractivity contribution in [2.75, 3.05) is 13.7 Å². The van der Waals surface area contributed by atoms with Crippen molar-refractivity contribution in [1.29, 1.82) is 0 Å². The molecule has 128 valence electrons. The topological polar surface area (TPSA) is 57.5 Å². The Hall–Kier alpha value is -2.56. The summed E-state index contributed by atoms with van der Waals surface area (Å²) in [6.45, 7) is 7.95. The van der Waals surface area contributed by atoms with Gasteiger partial charge in [0.25, 0.3) is 0 Å². The second-order valence-corrected chi connectivity index (χ2v) is 5.95. The molecule has 1 heterocycles. The third-order valence-corrected chi connectivity index (χ3v) is 3.95. The highest BCUT2D eigenvalue weighted by atomic mass is 16.5. The Balaban J connectivity index is 2.18. The van der Waals surface area contributed by atoms with E-state index in [0.717, 1.165) is 11.4 Å². The number of carbonyl (C=O) groups is 2. The van der Waals surface area contributed by atoms with Crippen LogP contribution in [0.2, 0.25) is 0 Å². The molecule has 5 nitrogen and oxygen atoms in total. The van der Waals surface area contributed by atoms with Gasteiger partial charge in [-0.1, -0.05) is 12.1 Å². The highest BCUT2D eigenvalue weighted by Gasteiger charge is 2.19. The molecule has 5 heteroatoms. The van der Waals surface area contributed by atoms with E-state index in [0.29, 0.717) is 16.9 Å². The van der Waals surface area contributed by atoms with Crippen molar-refractivity contribution < 1.29 is 19.1 Å². The number of aromatic nitrogens is 1. The number of Topliss-reactive ketones (excluding diaryl/α,β-unsaturated/α-hetero) is 1. The highest BCUT2D eigenvalue weighted by molar-refractivity contribution is 5.99. The molecule has 0 aliphatic heterocycles. The molecule has 0 atom stereocenters. The smallest absolute Gasteiger partial charge is 0.341 e. The fourth-order valence-electron chi connectivity index (χ4n) is 2.95. The third-order valence-electron chi connectivity index (χ3n) is 3.95. The van der Waals surface area contributed by atoms with Crippen LogP contribution in [0.1, 0.15) is 52.0 Å². The largest absolute Gasteiger partial charge is 0.485 e. The molecule has 0 amide bonds. The molecule has 0 aliphatic rings. The SMILES string of the molecule is COC(=O)c1ccccc1OCC(=O)c1cc(C)n(C(C)C)c1C. The second kappa shape index (κ2) is 7.34. The van der Waals surface area contributed by atoms with Crippen LogP contribution in [0.4, 0.5) is 0 Å². The van der Waals surface area contributed by atoms with Crippen molar-refractivity contribution in [3.05, 3.63) is 52.8 Å². The number of nitrogens with zero attached hydrogens (tertiary/aromatic N) is 1. The van der Waals surface area contributed by atoms with E-state index in [1.807, 2.05) is 19.9 Å². The van der Waals surface area contributed by atoms with Gasteiger partial charge in [0, 0.05) is 23.0 Å². The third kappa shape index (κ3) is 3.50. The van der Waals surface area contributed by atoms with Gasteiger partial charge in [0.15, 0.2) is 6.61 Å². The average Bonchev–Trinajstić information content (AvgIpc) is 2.86. The Morgan fingerprint density at radius 2 is 1.79 bits per heavy atom. The summed E-state index contributed by atoms with van der Waals surface area (Å²) in [5, 5.41) is 0. The molecule has 0 spiro atoms. The zero-order valence-electron chi connectivity index (χ0n) is 14.8. The summed E-state index contributed by atoms with van der Waals surface area (Å²) in [5.74, 6) is -0.263. The molecule has 0 unspecified atom stereocenters. The van der Waals surface area contributed by atoms with Crippen LogP contribution >= 0.6 is 0 Å². The maximum absolute atomic E-state index is 12.5. The van der Waals surface area contributed by atoms with E-state index in [2.05, 4.69) is 18.4 Å². The quantitative estimate of drug-likeness (QED) is 0.598. The number of hydrogen-bond acceptors (Lipinski definition) is 4. The number of esters is 1. The van der Waals surface area contributed by atoms with Gasteiger partial charge in [-0.3, -0.25) is 4.79 Å². The van der Waals surface area contributed by atoms with Gasteiger partial charge in [0.05, 0.1) is 7.11 Å². The number of ketones is 1. The van der Waals surface area contributed by atoms with Crippen molar-refractivity contribution in [1.82, 2.24) is 4.57 Å². The fourth-order valence-corrected chi connectivity index (χ4v) is 2.95. The molecule has 24 heavy (non-hydrogen) atoms. The predicted octanol–water partition coefficient (Wildman–Crippen LogP) is 3.73. The number of benzene rings is 1. The van der Waals surface area contributed by atoms with E-state index in [9.17, 15) is 9.59 Å². The summed E-state index contributed by atoms with van der Waals surface area (Å²) in [5.41, 5.74) is 2.93. The Morgan fingerprint density at radius 1 is 1.12 bits per heavy atom. The summed E-state index contributed by atoms with van der Waals surface area (Å²) in [4.78, 5) is 24.3. The first-order valence-electron chi connectivity index (χ1n) is 7.88. The molecule has 1 aromatic carbocycles. The molecule has 2 aromatic rings. The monoisotopic (exact) mass is 329 g/mol. The lowest BCUT2D eigenvalue weighted by Crippen LogP contribution is -2.15. The summed E-state index contributed by atoms with van der Waals surface area (Å²) in [7, 11) is 1.31. The predicted molar refractivity (Wildman–Crippen MR) is 91.9 cm³/mol. The van der Waals surface area contributed by atoms with Crippen molar-refractivity contribution in [3.8, 4) is 5.75 Å². The molecule has 0 saturated carbocycles. The van der Waals surface area contributed by atoms with Gasteiger partial charge in [0.2, 0.25) is 5.78 Å². The number of methoxy groups -OCH3 is 1. The fraction of sp³-hybridized carbons (Fsp3) is 0.368. The summed E-state index contributed by atoms with van der Waals surface area (Å²) in [6.07, 6.45) is 0. The minimum atomic E-state index is -0.490. The number of aryl methyl sites for hydroxylation is 1. The minimum absolute atomic E-state index is 0.116. The second-order valence-electron chi connectivity index (χ2n) is 5.95. The number of carbonyl (C=O) groups excluding carboxylic acids is 2. The minimum Gasteiger partial charge on any atom is -0.485 e. The Morgan fingerprint density at radius 3 is 2.38 bits per heavy atom. The van der Waals surface area contributed by atoms with Crippen LogP contribution in [0.15, 0.2) is 30.3 Å². The Kier molecular flexibility index (Phi) is 5.44. The first-order chi connectivity index (χ1) is 11.4. The number of para-hydroxylation sites is 1. The molecular formula is C19H23NO4. The lowest BCUT2D eigenvalue weighted by molar-refractivity contribution is 0.0594. The van der Waals surface area contributed by atoms with Crippen molar-refractivity contribution >= 4 is 11.8 Å². The van der Waals surface area contributed by atoms with E-state index in [1.165, 1.54) is 7.11 Å². The highest BCUT2D eigenvalue weighted by Crippen LogP contribution is 2.22. The van der Waals surface area contributed by atoms with E-state index in [-0.39, 0.29) is 18.4 Å². The Labute approximate surface area is 142 Å². The van der Waals surface area contributed by atoms with Crippen LogP contribution in [0.25, 0.3) is 0 Å². The Bertz CT molecular complexity index is 759. The lowest BCUT2D eigenvalue weighted by atomic mass is 10.1. The van der Waals surface area contributed by atoms with Crippen molar-refractivity contribution in [3.63, 3.8) is 0 Å². The first kappa shape index (κ1) is 17.8. The van der Waals surface area contributed by atoms with Crippen molar-refractivity contribution in [2.45, 2.75) is 33.7 Å². The van der Waals surface area contributed by atoms with Crippen molar-refractivity contribution in [2.24, 2.45) is 0 Å². The van der Waals surface area contributed by atoms with Gasteiger partial charge in [-0.2, -0.15) is 0 Å². The van der Waals surface area contributed by atoms with Crippen LogP contribution in [0, 0.1) is 13.8 Å². The molecule has 0 fully saturated rings. The summed E-state index contributed by atoms with van der Waals surface area (Å²) in [6, 6.07) is 8.89. The van der Waals surface area contributed by atoms with E-state index < -0.39 is 5.97 Å². The van der Waals surface area contributed by atoms with Crippen LogP contribution in [-0.2, 0) is 4.74 Å². The van der Waals surface area contributed by atoms with Crippen LogP contribution < -0.4 is 4.74 Å². The number of hydrogen-bond donors (Lipinski definition) is 0. The van der Waals surface area contributed by atoms with E-state index >= 15 is 0 Å². The zero-order valence-corrected chi connectivity index (χ0v) is 14.8. The normalized spacial score (nSPS) is 10.8. The molecule has 0 aliphatic carbocycles. The van der Waals surface area contributed by atoms with E-state index in [4.69, 9.17) is 9.47 Å². The van der Waals surface area contributed by atoms with Crippen LogP contribution in [-0.4, -0.2) is 30.0 Å². The molecule has 0 radical (unpaired) electrons. The summed E-state index contributed by atoms with van der Waals surface area (Å²) < 4.78 is 12.4. The molecule has 0 N–H and O–H groups in total. The average molecular weight is 329 g/mol. The maximum Gasteiger partial charge on any atom is 0.341 e. The van der Waals surface area contributed by atoms with Crippen LogP contribution in [0.5, 0.6) is 5.75 Å². The molecule has 2 rings (SSSR count). The maximum atomic E-state index is 12.5. The lowest BCUT2D eigenvalue weighted by Gasteiger charge is -2.14. The molecular weight excluding hydrogens is 306 g/mol.